The summed E-state index contributed by atoms with van der Waals surface area (Å²) in [5, 5.41) is 2.98. The third-order valence-corrected chi connectivity index (χ3v) is 5.68. The molecule has 1 aromatic carbocycles. The molecule has 0 unspecified atom stereocenters. The van der Waals surface area contributed by atoms with E-state index in [1.807, 2.05) is 4.90 Å². The Morgan fingerprint density at radius 2 is 2.04 bits per heavy atom. The largest absolute Gasteiger partial charge is 0.494 e. The number of methoxy groups -OCH3 is 1. The number of carbonyl (C=O) groups is 2. The second-order valence-corrected chi connectivity index (χ2v) is 9.22. The number of nitrogens with one attached hydrogen (secondary N) is 1. The molecule has 1 heterocycles. The highest BCUT2D eigenvalue weighted by Crippen LogP contribution is 2.46. The highest BCUT2D eigenvalue weighted by atomic mass is 19.1. The highest BCUT2D eigenvalue weighted by Gasteiger charge is 2.56. The minimum atomic E-state index is -0.800. The molecule has 1 saturated heterocycles. The fourth-order valence-electron chi connectivity index (χ4n) is 5.05. The summed E-state index contributed by atoms with van der Waals surface area (Å²) in [6, 6.07) is 4.42. The third kappa shape index (κ3) is 3.99. The molecule has 1 aliphatic carbocycles. The van der Waals surface area contributed by atoms with Gasteiger partial charge in [-0.2, -0.15) is 0 Å². The molecule has 7 heteroatoms. The molecule has 0 radical (unpaired) electrons. The predicted molar refractivity (Wildman–Crippen MR) is 104 cm³/mol. The van der Waals surface area contributed by atoms with Crippen LogP contribution in [0.5, 0.6) is 5.75 Å². The summed E-state index contributed by atoms with van der Waals surface area (Å²) in [7, 11) is 3.23. The minimum absolute atomic E-state index is 0.00312. The van der Waals surface area contributed by atoms with Crippen LogP contribution in [-0.4, -0.2) is 48.1 Å². The van der Waals surface area contributed by atoms with Gasteiger partial charge in [0.25, 0.3) is 5.91 Å². The zero-order valence-electron chi connectivity index (χ0n) is 17.3. The number of amides is 3. The predicted octanol–water partition coefficient (Wildman–Crippen LogP) is 3.36. The number of imide groups is 1. The maximum atomic E-state index is 13.9. The van der Waals surface area contributed by atoms with E-state index in [2.05, 4.69) is 26.1 Å². The van der Waals surface area contributed by atoms with Gasteiger partial charge in [0.15, 0.2) is 11.6 Å². The number of hydrogen-bond donors (Lipinski definition) is 1. The van der Waals surface area contributed by atoms with Gasteiger partial charge in [-0.25, -0.2) is 14.1 Å². The van der Waals surface area contributed by atoms with Crippen LogP contribution in [0.25, 0.3) is 0 Å². The first kappa shape index (κ1) is 20.6. The number of rotatable bonds is 5. The van der Waals surface area contributed by atoms with Gasteiger partial charge >= 0.3 is 6.03 Å². The van der Waals surface area contributed by atoms with Crippen LogP contribution >= 0.6 is 0 Å². The van der Waals surface area contributed by atoms with Gasteiger partial charge in [0, 0.05) is 6.54 Å². The van der Waals surface area contributed by atoms with Crippen LogP contribution in [0.3, 0.4) is 0 Å². The molecule has 1 saturated carbocycles. The van der Waals surface area contributed by atoms with E-state index in [0.717, 1.165) is 12.0 Å². The van der Waals surface area contributed by atoms with E-state index in [1.54, 1.807) is 19.2 Å². The Balaban J connectivity index is 1.69. The Morgan fingerprint density at radius 1 is 1.32 bits per heavy atom. The van der Waals surface area contributed by atoms with Gasteiger partial charge in [-0.15, -0.1) is 0 Å². The van der Waals surface area contributed by atoms with Crippen molar-refractivity contribution < 1.29 is 18.7 Å². The summed E-state index contributed by atoms with van der Waals surface area (Å²) >= 11 is 0. The molecule has 3 rings (SSSR count). The first-order valence-electron chi connectivity index (χ1n) is 9.70. The average molecular weight is 391 g/mol. The Hall–Kier alpha value is -2.15. The van der Waals surface area contributed by atoms with Gasteiger partial charge in [0.2, 0.25) is 0 Å². The standard InChI is InChI=1S/C21H30FN3O3/c1-14-9-20(2,3)12-21(10-14)18(26)25(19(27)23-21)13-24(4)11-15-6-7-17(28-5)16(22)8-15/h6-8,14H,9-13H2,1-5H3,(H,23,27)/t14-,21-/m1/s1. The van der Waals surface area contributed by atoms with E-state index in [9.17, 15) is 14.0 Å². The van der Waals surface area contributed by atoms with E-state index < -0.39 is 11.4 Å². The Bertz CT molecular complexity index is 782. The maximum Gasteiger partial charge on any atom is 0.326 e. The number of hydrogen-bond acceptors (Lipinski definition) is 4. The molecule has 1 spiro atoms. The second-order valence-electron chi connectivity index (χ2n) is 9.22. The van der Waals surface area contributed by atoms with Crippen molar-refractivity contribution in [3.05, 3.63) is 29.6 Å². The number of urea groups is 1. The summed E-state index contributed by atoms with van der Waals surface area (Å²) < 4.78 is 18.8. The van der Waals surface area contributed by atoms with Crippen LogP contribution in [0.15, 0.2) is 18.2 Å². The maximum absolute atomic E-state index is 13.9. The van der Waals surface area contributed by atoms with Crippen molar-refractivity contribution in [2.24, 2.45) is 11.3 Å². The second kappa shape index (κ2) is 7.35. The van der Waals surface area contributed by atoms with Crippen LogP contribution < -0.4 is 10.1 Å². The number of carbonyl (C=O) groups excluding carboxylic acids is 2. The number of halogens is 1. The lowest BCUT2D eigenvalue weighted by Gasteiger charge is -2.43. The van der Waals surface area contributed by atoms with Crippen LogP contribution in [0.2, 0.25) is 0 Å². The molecule has 2 atom stereocenters. The van der Waals surface area contributed by atoms with Crippen LogP contribution in [0.4, 0.5) is 9.18 Å². The molecule has 6 nitrogen and oxygen atoms in total. The molecule has 1 aliphatic heterocycles. The summed E-state index contributed by atoms with van der Waals surface area (Å²) in [5.74, 6) is -0.0184. The van der Waals surface area contributed by atoms with E-state index in [-0.39, 0.29) is 29.8 Å². The van der Waals surface area contributed by atoms with E-state index in [1.165, 1.54) is 18.1 Å². The Labute approximate surface area is 166 Å². The van der Waals surface area contributed by atoms with Gasteiger partial charge < -0.3 is 10.1 Å². The van der Waals surface area contributed by atoms with E-state index in [0.29, 0.717) is 25.3 Å². The molecule has 1 aromatic rings. The summed E-state index contributed by atoms with van der Waals surface area (Å²) in [4.78, 5) is 28.9. The van der Waals surface area contributed by atoms with Crippen molar-refractivity contribution >= 4 is 11.9 Å². The van der Waals surface area contributed by atoms with Crippen LogP contribution in [0, 0.1) is 17.2 Å². The van der Waals surface area contributed by atoms with Crippen molar-refractivity contribution in [3.63, 3.8) is 0 Å². The lowest BCUT2D eigenvalue weighted by Crippen LogP contribution is -2.54. The molecule has 3 amide bonds. The summed E-state index contributed by atoms with van der Waals surface area (Å²) in [5.41, 5.74) is -0.0518. The Kier molecular flexibility index (Phi) is 5.40. The summed E-state index contributed by atoms with van der Waals surface area (Å²) in [6.07, 6.45) is 2.37. The molecule has 2 fully saturated rings. The quantitative estimate of drug-likeness (QED) is 0.782. The molecule has 2 aliphatic rings. The first-order chi connectivity index (χ1) is 13.0. The normalized spacial score (nSPS) is 26.8. The van der Waals surface area contributed by atoms with Crippen molar-refractivity contribution in [2.45, 2.75) is 52.1 Å². The fraction of sp³-hybridized carbons (Fsp3) is 0.619. The van der Waals surface area contributed by atoms with Gasteiger partial charge in [-0.05, 0) is 55.3 Å². The third-order valence-electron chi connectivity index (χ3n) is 5.68. The van der Waals surface area contributed by atoms with Gasteiger partial charge in [0.1, 0.15) is 5.54 Å². The summed E-state index contributed by atoms with van der Waals surface area (Å²) in [6.45, 7) is 7.00. The van der Waals surface area contributed by atoms with Crippen molar-refractivity contribution in [3.8, 4) is 5.75 Å². The van der Waals surface area contributed by atoms with Crippen LogP contribution in [-0.2, 0) is 11.3 Å². The lowest BCUT2D eigenvalue weighted by atomic mass is 9.64. The van der Waals surface area contributed by atoms with Gasteiger partial charge in [0.05, 0.1) is 13.8 Å². The topological polar surface area (TPSA) is 61.9 Å². The van der Waals surface area contributed by atoms with Gasteiger partial charge in [-0.3, -0.25) is 9.69 Å². The van der Waals surface area contributed by atoms with Crippen molar-refractivity contribution in [2.75, 3.05) is 20.8 Å². The minimum Gasteiger partial charge on any atom is -0.494 e. The molecular weight excluding hydrogens is 361 g/mol. The van der Waals surface area contributed by atoms with E-state index in [4.69, 9.17) is 4.74 Å². The SMILES string of the molecule is COc1ccc(CN(C)CN2C(=O)N[C@@]3(C[C@H](C)CC(C)(C)C3)C2=O)cc1F. The highest BCUT2D eigenvalue weighted by molar-refractivity contribution is 6.07. The molecule has 0 bridgehead atoms. The zero-order chi connectivity index (χ0) is 20.7. The van der Waals surface area contributed by atoms with Crippen LogP contribution in [0.1, 0.15) is 45.6 Å². The smallest absolute Gasteiger partial charge is 0.326 e. The average Bonchev–Trinajstić information content (AvgIpc) is 2.76. The molecule has 28 heavy (non-hydrogen) atoms. The molecular formula is C21H30FN3O3. The number of benzene rings is 1. The fourth-order valence-corrected chi connectivity index (χ4v) is 5.05. The van der Waals surface area contributed by atoms with Gasteiger partial charge in [-0.1, -0.05) is 26.8 Å². The monoisotopic (exact) mass is 391 g/mol. The zero-order valence-corrected chi connectivity index (χ0v) is 17.3. The number of nitrogens with zero attached hydrogens (tertiary/aromatic N) is 2. The first-order valence-corrected chi connectivity index (χ1v) is 9.70. The molecule has 0 aromatic heterocycles. The van der Waals surface area contributed by atoms with Crippen molar-refractivity contribution in [1.29, 1.82) is 0 Å². The molecule has 154 valence electrons. The van der Waals surface area contributed by atoms with Crippen molar-refractivity contribution in [1.82, 2.24) is 15.1 Å². The lowest BCUT2D eigenvalue weighted by molar-refractivity contribution is -0.136. The molecule has 1 N–H and O–H groups in total. The van der Waals surface area contributed by atoms with E-state index >= 15 is 0 Å². The number of ether oxygens (including phenoxy) is 1. The Morgan fingerprint density at radius 3 is 2.64 bits per heavy atom.